The first kappa shape index (κ1) is 17.4. The second-order valence-electron chi connectivity index (χ2n) is 6.91. The van der Waals surface area contributed by atoms with Crippen LogP contribution < -0.4 is 5.32 Å². The minimum absolute atomic E-state index is 0.160. The van der Waals surface area contributed by atoms with E-state index in [1.807, 2.05) is 6.08 Å². The Morgan fingerprint density at radius 1 is 1.45 bits per heavy atom. The number of ether oxygens (including phenoxy) is 1. The summed E-state index contributed by atoms with van der Waals surface area (Å²) in [5.74, 6) is -0.243. The lowest BCUT2D eigenvalue weighted by Gasteiger charge is -2.41. The molecule has 116 valence electrons. The van der Waals surface area contributed by atoms with E-state index in [-0.39, 0.29) is 17.1 Å². The number of piperidine rings is 1. The van der Waals surface area contributed by atoms with Gasteiger partial charge in [0.1, 0.15) is 6.61 Å². The van der Waals surface area contributed by atoms with Crippen molar-refractivity contribution in [1.82, 2.24) is 5.32 Å². The average Bonchev–Trinajstić information content (AvgIpc) is 2.29. The van der Waals surface area contributed by atoms with Crippen molar-refractivity contribution in [3.8, 4) is 0 Å². The standard InChI is InChI=1S/C15H29NO3Si/c1-12(17)18-10-8-13-11-16-9-7-14(13)19-20(5,6)15(2,3)4/h8,14,16H,7,9-11H2,1-6H3. The van der Waals surface area contributed by atoms with Gasteiger partial charge in [0.15, 0.2) is 8.32 Å². The van der Waals surface area contributed by atoms with Crippen molar-refractivity contribution >= 4 is 14.3 Å². The fourth-order valence-electron chi connectivity index (χ4n) is 1.90. The van der Waals surface area contributed by atoms with Crippen molar-refractivity contribution in [2.45, 2.75) is 58.4 Å². The van der Waals surface area contributed by atoms with Crippen LogP contribution in [0.1, 0.15) is 34.1 Å². The van der Waals surface area contributed by atoms with Gasteiger partial charge < -0.3 is 14.5 Å². The van der Waals surface area contributed by atoms with Crippen LogP contribution in [0.4, 0.5) is 0 Å². The van der Waals surface area contributed by atoms with Gasteiger partial charge in [0.2, 0.25) is 0 Å². The quantitative estimate of drug-likeness (QED) is 0.492. The lowest BCUT2D eigenvalue weighted by molar-refractivity contribution is -0.139. The van der Waals surface area contributed by atoms with Gasteiger partial charge in [0.05, 0.1) is 6.10 Å². The Labute approximate surface area is 124 Å². The molecule has 0 amide bonds. The molecule has 0 spiro atoms. The third-order valence-electron chi connectivity index (χ3n) is 4.20. The summed E-state index contributed by atoms with van der Waals surface area (Å²) in [7, 11) is -1.77. The maximum absolute atomic E-state index is 10.8. The van der Waals surface area contributed by atoms with E-state index in [1.165, 1.54) is 12.5 Å². The lowest BCUT2D eigenvalue weighted by atomic mass is 10.0. The normalized spacial score (nSPS) is 22.9. The summed E-state index contributed by atoms with van der Waals surface area (Å²) >= 11 is 0. The summed E-state index contributed by atoms with van der Waals surface area (Å²) in [4.78, 5) is 10.8. The van der Waals surface area contributed by atoms with Crippen molar-refractivity contribution in [2.24, 2.45) is 0 Å². The lowest BCUT2D eigenvalue weighted by Crippen LogP contribution is -2.47. The first-order valence-electron chi connectivity index (χ1n) is 7.34. The predicted octanol–water partition coefficient (Wildman–Crippen LogP) is 2.86. The fraction of sp³-hybridized carbons (Fsp3) is 0.800. The van der Waals surface area contributed by atoms with Crippen LogP contribution in [0, 0.1) is 0 Å². The first-order chi connectivity index (χ1) is 9.13. The second kappa shape index (κ2) is 6.87. The minimum atomic E-state index is -1.77. The summed E-state index contributed by atoms with van der Waals surface area (Å²) in [6.45, 7) is 14.9. The Morgan fingerprint density at radius 3 is 2.65 bits per heavy atom. The predicted molar refractivity (Wildman–Crippen MR) is 84.3 cm³/mol. The molecular formula is C15H29NO3Si. The third kappa shape index (κ3) is 5.03. The van der Waals surface area contributed by atoms with Crippen molar-refractivity contribution in [2.75, 3.05) is 19.7 Å². The van der Waals surface area contributed by atoms with E-state index in [4.69, 9.17) is 9.16 Å². The van der Waals surface area contributed by atoms with Crippen LogP contribution in [0.15, 0.2) is 11.6 Å². The van der Waals surface area contributed by atoms with Gasteiger partial charge >= 0.3 is 5.97 Å². The van der Waals surface area contributed by atoms with Gasteiger partial charge in [-0.2, -0.15) is 0 Å². The van der Waals surface area contributed by atoms with Crippen LogP contribution in [0.5, 0.6) is 0 Å². The maximum Gasteiger partial charge on any atom is 0.302 e. The van der Waals surface area contributed by atoms with E-state index < -0.39 is 8.32 Å². The molecule has 0 saturated carbocycles. The van der Waals surface area contributed by atoms with Gasteiger partial charge in [-0.05, 0) is 42.7 Å². The van der Waals surface area contributed by atoms with Crippen molar-refractivity contribution < 1.29 is 14.0 Å². The van der Waals surface area contributed by atoms with E-state index >= 15 is 0 Å². The molecule has 1 heterocycles. The smallest absolute Gasteiger partial charge is 0.302 e. The molecule has 0 aromatic rings. The second-order valence-corrected chi connectivity index (χ2v) is 11.7. The molecule has 4 nitrogen and oxygen atoms in total. The Balaban J connectivity index is 2.72. The van der Waals surface area contributed by atoms with E-state index in [9.17, 15) is 4.79 Å². The Kier molecular flexibility index (Phi) is 5.98. The van der Waals surface area contributed by atoms with E-state index in [0.717, 1.165) is 19.5 Å². The van der Waals surface area contributed by atoms with Gasteiger partial charge in [0.25, 0.3) is 0 Å². The van der Waals surface area contributed by atoms with Gasteiger partial charge in [-0.25, -0.2) is 0 Å². The molecule has 1 saturated heterocycles. The molecule has 20 heavy (non-hydrogen) atoms. The number of hydrogen-bond acceptors (Lipinski definition) is 4. The average molecular weight is 299 g/mol. The summed E-state index contributed by atoms with van der Waals surface area (Å²) in [5.41, 5.74) is 1.21. The van der Waals surface area contributed by atoms with E-state index in [2.05, 4.69) is 39.2 Å². The van der Waals surface area contributed by atoms with Crippen molar-refractivity contribution in [3.63, 3.8) is 0 Å². The number of nitrogens with one attached hydrogen (secondary N) is 1. The number of rotatable bonds is 4. The highest BCUT2D eigenvalue weighted by Gasteiger charge is 2.40. The molecular weight excluding hydrogens is 270 g/mol. The Bertz CT molecular complexity index is 372. The van der Waals surface area contributed by atoms with Gasteiger partial charge in [0, 0.05) is 13.5 Å². The van der Waals surface area contributed by atoms with Crippen LogP contribution >= 0.6 is 0 Å². The number of carbonyl (C=O) groups is 1. The SMILES string of the molecule is CC(=O)OCC=C1CNCCC1O[Si](C)(C)C(C)(C)C. The Morgan fingerprint density at radius 2 is 2.10 bits per heavy atom. The molecule has 0 aliphatic carbocycles. The van der Waals surface area contributed by atoms with Crippen LogP contribution in [-0.2, 0) is 14.0 Å². The molecule has 1 unspecified atom stereocenters. The molecule has 0 radical (unpaired) electrons. The summed E-state index contributed by atoms with van der Waals surface area (Å²) in [6.07, 6.45) is 3.14. The molecule has 0 bridgehead atoms. The molecule has 1 N–H and O–H groups in total. The van der Waals surface area contributed by atoms with E-state index in [0.29, 0.717) is 6.61 Å². The minimum Gasteiger partial charge on any atom is -0.462 e. The molecule has 1 rings (SSSR count). The molecule has 0 aromatic heterocycles. The first-order valence-corrected chi connectivity index (χ1v) is 10.2. The zero-order chi connectivity index (χ0) is 15.4. The highest BCUT2D eigenvalue weighted by atomic mass is 28.4. The molecule has 0 aromatic carbocycles. The molecule has 1 aliphatic rings. The van der Waals surface area contributed by atoms with Crippen molar-refractivity contribution in [1.29, 1.82) is 0 Å². The Hall–Kier alpha value is -0.653. The van der Waals surface area contributed by atoms with Crippen LogP contribution in [0.3, 0.4) is 0 Å². The highest BCUT2D eigenvalue weighted by Crippen LogP contribution is 2.38. The number of carbonyl (C=O) groups excluding carboxylic acids is 1. The van der Waals surface area contributed by atoms with Gasteiger partial charge in [-0.1, -0.05) is 20.8 Å². The zero-order valence-electron chi connectivity index (χ0n) is 13.7. The maximum atomic E-state index is 10.8. The molecule has 1 fully saturated rings. The topological polar surface area (TPSA) is 47.6 Å². The summed E-state index contributed by atoms with van der Waals surface area (Å²) < 4.78 is 11.5. The number of esters is 1. The van der Waals surface area contributed by atoms with Crippen LogP contribution in [0.25, 0.3) is 0 Å². The van der Waals surface area contributed by atoms with Crippen LogP contribution in [0.2, 0.25) is 18.1 Å². The molecule has 5 heteroatoms. The third-order valence-corrected chi connectivity index (χ3v) is 8.69. The summed E-state index contributed by atoms with van der Waals surface area (Å²) in [5, 5.41) is 3.56. The van der Waals surface area contributed by atoms with E-state index in [1.54, 1.807) is 0 Å². The molecule has 1 atom stereocenters. The fourth-order valence-corrected chi connectivity index (χ4v) is 3.24. The monoisotopic (exact) mass is 299 g/mol. The zero-order valence-corrected chi connectivity index (χ0v) is 14.7. The largest absolute Gasteiger partial charge is 0.462 e. The van der Waals surface area contributed by atoms with Crippen molar-refractivity contribution in [3.05, 3.63) is 11.6 Å². The summed E-state index contributed by atoms with van der Waals surface area (Å²) in [6, 6.07) is 0. The highest BCUT2D eigenvalue weighted by molar-refractivity contribution is 6.74. The van der Waals surface area contributed by atoms with Gasteiger partial charge in [-0.15, -0.1) is 0 Å². The number of hydrogen-bond donors (Lipinski definition) is 1. The molecule has 1 aliphatic heterocycles. The van der Waals surface area contributed by atoms with Crippen LogP contribution in [-0.4, -0.2) is 40.1 Å². The van der Waals surface area contributed by atoms with Gasteiger partial charge in [-0.3, -0.25) is 4.79 Å².